The molecule has 0 heterocycles. The Kier molecular flexibility index (Phi) is 4.67. The van der Waals surface area contributed by atoms with Crippen molar-refractivity contribution in [3.8, 4) is 0 Å². The van der Waals surface area contributed by atoms with Crippen molar-refractivity contribution in [1.29, 1.82) is 0 Å². The van der Waals surface area contributed by atoms with Crippen molar-refractivity contribution in [1.82, 2.24) is 0 Å². The van der Waals surface area contributed by atoms with Gasteiger partial charge >= 0.3 is 5.97 Å². The Morgan fingerprint density at radius 1 is 1.15 bits per heavy atom. The van der Waals surface area contributed by atoms with Crippen molar-refractivity contribution in [3.05, 3.63) is 11.6 Å². The lowest BCUT2D eigenvalue weighted by molar-refractivity contribution is -0.148. The minimum absolute atomic E-state index is 0.0755. The molecule has 150 valence electrons. The number of hydrogen-bond donors (Lipinski definition) is 1. The van der Waals surface area contributed by atoms with Crippen molar-refractivity contribution in [2.24, 2.45) is 39.7 Å². The van der Waals surface area contributed by atoms with Crippen molar-refractivity contribution < 1.29 is 14.7 Å². The highest BCUT2D eigenvalue weighted by Gasteiger charge is 2.59. The van der Waals surface area contributed by atoms with Crippen LogP contribution < -0.4 is 0 Å². The maximum absolute atomic E-state index is 11.4. The summed E-state index contributed by atoms with van der Waals surface area (Å²) in [4.78, 5) is 11.4. The molecule has 0 spiro atoms. The fourth-order valence-corrected chi connectivity index (χ4v) is 7.72. The molecular formula is C23H35NO3. The Morgan fingerprint density at radius 2 is 1.93 bits per heavy atom. The summed E-state index contributed by atoms with van der Waals surface area (Å²) in [7, 11) is 0. The summed E-state index contributed by atoms with van der Waals surface area (Å²) in [5.74, 6) is 2.52. The summed E-state index contributed by atoms with van der Waals surface area (Å²) in [6, 6.07) is 0. The lowest BCUT2D eigenvalue weighted by Crippen LogP contribution is -2.51. The highest BCUT2D eigenvalue weighted by atomic mass is 16.5. The zero-order valence-electron chi connectivity index (χ0n) is 17.3. The Hall–Kier alpha value is -1.32. The van der Waals surface area contributed by atoms with Crippen LogP contribution in [0.3, 0.4) is 0 Å². The fourth-order valence-electron chi connectivity index (χ4n) is 7.72. The summed E-state index contributed by atoms with van der Waals surface area (Å²) in [6.45, 7) is 8.46. The van der Waals surface area contributed by atoms with Gasteiger partial charge in [0.25, 0.3) is 0 Å². The maximum Gasteiger partial charge on any atom is 0.302 e. The standard InChI is InChI=1S/C23H35NO3/c1-14(24-26)19-7-8-20-18-6-5-16-13-17(27-15(2)25)9-11-22(16,3)21(18)10-12-23(19,20)4/h5,17-21,26H,6-13H2,1-4H3/b24-14+. The van der Waals surface area contributed by atoms with Gasteiger partial charge in [0.15, 0.2) is 0 Å². The van der Waals surface area contributed by atoms with E-state index < -0.39 is 0 Å². The quantitative estimate of drug-likeness (QED) is 0.233. The van der Waals surface area contributed by atoms with E-state index >= 15 is 0 Å². The largest absolute Gasteiger partial charge is 0.462 e. The number of nitrogens with zero attached hydrogens (tertiary/aromatic N) is 1. The predicted molar refractivity (Wildman–Crippen MR) is 106 cm³/mol. The average molecular weight is 374 g/mol. The van der Waals surface area contributed by atoms with Crippen LogP contribution in [0.2, 0.25) is 0 Å². The van der Waals surface area contributed by atoms with Gasteiger partial charge in [0.2, 0.25) is 0 Å². The molecule has 4 rings (SSSR count). The van der Waals surface area contributed by atoms with Gasteiger partial charge in [-0.2, -0.15) is 0 Å². The van der Waals surface area contributed by atoms with Crippen molar-refractivity contribution in [3.63, 3.8) is 0 Å². The number of carbonyl (C=O) groups excluding carboxylic acids is 1. The molecule has 1 N–H and O–H groups in total. The van der Waals surface area contributed by atoms with Gasteiger partial charge in [-0.15, -0.1) is 0 Å². The molecule has 0 amide bonds. The van der Waals surface area contributed by atoms with Crippen LogP contribution in [-0.4, -0.2) is 23.0 Å². The molecule has 4 heteroatoms. The summed E-state index contributed by atoms with van der Waals surface area (Å²) in [5.41, 5.74) is 3.04. The number of rotatable bonds is 2. The minimum atomic E-state index is -0.149. The second-order valence-electron chi connectivity index (χ2n) is 10.1. The molecule has 0 saturated heterocycles. The highest BCUT2D eigenvalue weighted by molar-refractivity contribution is 5.85. The second-order valence-corrected chi connectivity index (χ2v) is 10.1. The van der Waals surface area contributed by atoms with Crippen LogP contribution in [-0.2, 0) is 9.53 Å². The normalized spacial score (nSPS) is 46.7. The molecule has 0 radical (unpaired) electrons. The number of fused-ring (bicyclic) bond motifs is 5. The lowest BCUT2D eigenvalue weighted by atomic mass is 9.47. The zero-order valence-corrected chi connectivity index (χ0v) is 17.3. The lowest BCUT2D eigenvalue weighted by Gasteiger charge is -2.58. The molecule has 27 heavy (non-hydrogen) atoms. The van der Waals surface area contributed by atoms with Crippen LogP contribution in [0.4, 0.5) is 0 Å². The fraction of sp³-hybridized carbons (Fsp3) is 0.826. The second kappa shape index (κ2) is 6.63. The third-order valence-corrected chi connectivity index (χ3v) is 9.05. The smallest absolute Gasteiger partial charge is 0.302 e. The topological polar surface area (TPSA) is 58.9 Å². The Labute approximate surface area is 163 Å². The Balaban J connectivity index is 1.58. The Morgan fingerprint density at radius 3 is 2.63 bits per heavy atom. The molecule has 0 aromatic carbocycles. The molecule has 4 aliphatic rings. The third kappa shape index (κ3) is 2.86. The van der Waals surface area contributed by atoms with E-state index in [4.69, 9.17) is 4.74 Å². The highest BCUT2D eigenvalue weighted by Crippen LogP contribution is 2.66. The predicted octanol–water partition coefficient (Wildman–Crippen LogP) is 5.35. The van der Waals surface area contributed by atoms with E-state index in [-0.39, 0.29) is 22.9 Å². The number of hydrogen-bond acceptors (Lipinski definition) is 4. The van der Waals surface area contributed by atoms with Crippen LogP contribution >= 0.6 is 0 Å². The first-order chi connectivity index (χ1) is 12.8. The first-order valence-corrected chi connectivity index (χ1v) is 10.8. The van der Waals surface area contributed by atoms with Gasteiger partial charge in [0, 0.05) is 19.3 Å². The number of carbonyl (C=O) groups is 1. The SMILES string of the molecule is CC(=O)OC1CCC2(C)C(=CCC3C2CCC2(C)C(/C(C)=N/O)CCC32)C1. The van der Waals surface area contributed by atoms with E-state index in [1.807, 2.05) is 6.92 Å². The van der Waals surface area contributed by atoms with E-state index in [1.54, 1.807) is 5.57 Å². The molecular weight excluding hydrogens is 338 g/mol. The number of oxime groups is 1. The molecule has 7 unspecified atom stereocenters. The van der Waals surface area contributed by atoms with E-state index in [0.717, 1.165) is 42.7 Å². The van der Waals surface area contributed by atoms with Gasteiger partial charge in [-0.25, -0.2) is 0 Å². The van der Waals surface area contributed by atoms with Gasteiger partial charge in [-0.1, -0.05) is 30.7 Å². The maximum atomic E-state index is 11.4. The van der Waals surface area contributed by atoms with Crippen molar-refractivity contribution >= 4 is 11.7 Å². The van der Waals surface area contributed by atoms with Gasteiger partial charge in [0.05, 0.1) is 5.71 Å². The molecule has 4 nitrogen and oxygen atoms in total. The van der Waals surface area contributed by atoms with Crippen LogP contribution in [0.5, 0.6) is 0 Å². The van der Waals surface area contributed by atoms with Crippen LogP contribution in [0.15, 0.2) is 16.8 Å². The number of ether oxygens (including phenoxy) is 1. The van der Waals surface area contributed by atoms with Gasteiger partial charge in [-0.05, 0) is 80.5 Å². The molecule has 0 bridgehead atoms. The van der Waals surface area contributed by atoms with Crippen LogP contribution in [0.25, 0.3) is 0 Å². The summed E-state index contributed by atoms with van der Waals surface area (Å²) in [5, 5.41) is 12.9. The summed E-state index contributed by atoms with van der Waals surface area (Å²) in [6.07, 6.45) is 11.8. The Bertz CT molecular complexity index is 683. The average Bonchev–Trinajstić information content (AvgIpc) is 2.98. The molecule has 0 aliphatic heterocycles. The molecule has 0 aromatic rings. The van der Waals surface area contributed by atoms with Crippen LogP contribution in [0.1, 0.15) is 79.1 Å². The first-order valence-electron chi connectivity index (χ1n) is 10.8. The third-order valence-electron chi connectivity index (χ3n) is 9.05. The van der Waals surface area contributed by atoms with Crippen LogP contribution in [0, 0.1) is 34.5 Å². The first kappa shape index (κ1) is 19.0. The van der Waals surface area contributed by atoms with E-state index in [2.05, 4.69) is 25.1 Å². The number of allylic oxidation sites excluding steroid dienone is 1. The zero-order chi connectivity index (χ0) is 19.4. The van der Waals surface area contributed by atoms with E-state index in [9.17, 15) is 10.0 Å². The molecule has 3 fully saturated rings. The summed E-state index contributed by atoms with van der Waals surface area (Å²) < 4.78 is 5.54. The van der Waals surface area contributed by atoms with Crippen molar-refractivity contribution in [2.75, 3.05) is 0 Å². The molecule has 7 atom stereocenters. The van der Waals surface area contributed by atoms with Crippen molar-refractivity contribution in [2.45, 2.75) is 85.2 Å². The monoisotopic (exact) mass is 373 g/mol. The molecule has 3 saturated carbocycles. The van der Waals surface area contributed by atoms with Gasteiger partial charge in [0.1, 0.15) is 6.10 Å². The molecule has 0 aromatic heterocycles. The van der Waals surface area contributed by atoms with Gasteiger partial charge < -0.3 is 9.94 Å². The van der Waals surface area contributed by atoms with Gasteiger partial charge in [-0.3, -0.25) is 4.79 Å². The molecule has 4 aliphatic carbocycles. The number of esters is 1. The summed E-state index contributed by atoms with van der Waals surface area (Å²) >= 11 is 0. The van der Waals surface area contributed by atoms with E-state index in [0.29, 0.717) is 5.92 Å². The van der Waals surface area contributed by atoms with E-state index in [1.165, 1.54) is 39.0 Å². The minimum Gasteiger partial charge on any atom is -0.462 e.